The quantitative estimate of drug-likeness (QED) is 0.606. The Morgan fingerprint density at radius 3 is 3.12 bits per heavy atom. The fourth-order valence-electron chi connectivity index (χ4n) is 2.38. The van der Waals surface area contributed by atoms with Crippen molar-refractivity contribution >= 4 is 11.8 Å². The zero-order valence-corrected chi connectivity index (χ0v) is 12.2. The van der Waals surface area contributed by atoms with Crippen LogP contribution in [0.15, 0.2) is 0 Å². The number of nitrogens with one attached hydrogen (secondary N) is 1. The van der Waals surface area contributed by atoms with Gasteiger partial charge in [0.05, 0.1) is 6.61 Å². The van der Waals surface area contributed by atoms with E-state index in [2.05, 4.69) is 28.9 Å². The summed E-state index contributed by atoms with van der Waals surface area (Å²) in [5.74, 6) is 2.57. The topological polar surface area (TPSA) is 24.5 Å². The molecule has 1 aliphatic heterocycles. The van der Waals surface area contributed by atoms with Crippen molar-refractivity contribution in [2.24, 2.45) is 0 Å². The molecule has 0 radical (unpaired) electrons. The Labute approximate surface area is 111 Å². The Kier molecular flexibility index (Phi) is 9.16. The molecule has 0 aromatic carbocycles. The van der Waals surface area contributed by atoms with Crippen molar-refractivity contribution in [1.82, 2.24) is 10.2 Å². The van der Waals surface area contributed by atoms with Gasteiger partial charge in [0.15, 0.2) is 0 Å². The van der Waals surface area contributed by atoms with Crippen molar-refractivity contribution in [3.63, 3.8) is 0 Å². The Bertz CT molecular complexity index is 163. The van der Waals surface area contributed by atoms with Crippen LogP contribution in [0.25, 0.3) is 0 Å². The number of hydrogen-bond donors (Lipinski definition) is 1. The van der Waals surface area contributed by atoms with Crippen molar-refractivity contribution in [3.8, 4) is 0 Å². The van der Waals surface area contributed by atoms with Crippen LogP contribution in [0.5, 0.6) is 0 Å². The van der Waals surface area contributed by atoms with Crippen LogP contribution in [0.3, 0.4) is 0 Å². The largest absolute Gasteiger partial charge is 0.383 e. The van der Waals surface area contributed by atoms with Crippen LogP contribution in [0, 0.1) is 0 Å². The van der Waals surface area contributed by atoms with E-state index in [1.54, 1.807) is 7.11 Å². The highest BCUT2D eigenvalue weighted by Gasteiger charge is 2.22. The first kappa shape index (κ1) is 15.3. The fourth-order valence-corrected chi connectivity index (χ4v) is 3.00. The maximum Gasteiger partial charge on any atom is 0.0587 e. The second kappa shape index (κ2) is 10.2. The number of likely N-dealkylation sites (tertiary alicyclic amines) is 1. The van der Waals surface area contributed by atoms with Crippen LogP contribution >= 0.6 is 11.8 Å². The molecule has 0 aliphatic carbocycles. The maximum atomic E-state index is 5.05. The molecule has 1 heterocycles. The Hall–Kier alpha value is 0.230. The van der Waals surface area contributed by atoms with Gasteiger partial charge in [-0.15, -0.1) is 0 Å². The molecular weight excluding hydrogens is 232 g/mol. The normalized spacial score (nSPS) is 21.2. The van der Waals surface area contributed by atoms with Crippen molar-refractivity contribution in [1.29, 1.82) is 0 Å². The summed E-state index contributed by atoms with van der Waals surface area (Å²) in [7, 11) is 1.76. The molecular formula is C13H28N2OS. The predicted molar refractivity (Wildman–Crippen MR) is 77.0 cm³/mol. The molecule has 0 amide bonds. The van der Waals surface area contributed by atoms with Gasteiger partial charge >= 0.3 is 0 Å². The molecule has 1 fully saturated rings. The van der Waals surface area contributed by atoms with Crippen molar-refractivity contribution in [2.45, 2.75) is 32.2 Å². The van der Waals surface area contributed by atoms with Gasteiger partial charge in [-0.3, -0.25) is 4.90 Å². The van der Waals surface area contributed by atoms with Gasteiger partial charge in [0.25, 0.3) is 0 Å². The van der Waals surface area contributed by atoms with E-state index in [0.717, 1.165) is 25.7 Å². The van der Waals surface area contributed by atoms with E-state index < -0.39 is 0 Å². The van der Waals surface area contributed by atoms with Crippen LogP contribution in [0.4, 0.5) is 0 Å². The van der Waals surface area contributed by atoms with Gasteiger partial charge < -0.3 is 10.1 Å². The number of ether oxygens (including phenoxy) is 1. The van der Waals surface area contributed by atoms with E-state index >= 15 is 0 Å². The van der Waals surface area contributed by atoms with E-state index in [4.69, 9.17) is 4.74 Å². The lowest BCUT2D eigenvalue weighted by atomic mass is 10.2. The molecule has 0 spiro atoms. The molecule has 1 unspecified atom stereocenters. The third kappa shape index (κ3) is 6.65. The summed E-state index contributed by atoms with van der Waals surface area (Å²) < 4.78 is 5.05. The van der Waals surface area contributed by atoms with Gasteiger partial charge in [-0.1, -0.05) is 6.92 Å². The van der Waals surface area contributed by atoms with Crippen LogP contribution in [-0.2, 0) is 4.74 Å². The Balaban J connectivity index is 2.06. The molecule has 0 bridgehead atoms. The van der Waals surface area contributed by atoms with E-state index in [9.17, 15) is 0 Å². The fraction of sp³-hybridized carbons (Fsp3) is 1.00. The van der Waals surface area contributed by atoms with Gasteiger partial charge in [-0.2, -0.15) is 11.8 Å². The van der Waals surface area contributed by atoms with Crippen molar-refractivity contribution in [3.05, 3.63) is 0 Å². The molecule has 1 rings (SSSR count). The van der Waals surface area contributed by atoms with Gasteiger partial charge in [0.2, 0.25) is 0 Å². The first-order valence-electron chi connectivity index (χ1n) is 6.90. The number of hydrogen-bond acceptors (Lipinski definition) is 4. The third-order valence-electron chi connectivity index (χ3n) is 3.30. The Morgan fingerprint density at radius 1 is 1.47 bits per heavy atom. The zero-order valence-electron chi connectivity index (χ0n) is 11.4. The molecule has 102 valence electrons. The average Bonchev–Trinajstić information content (AvgIpc) is 2.78. The molecule has 0 aromatic rings. The lowest BCUT2D eigenvalue weighted by molar-refractivity contribution is 0.192. The van der Waals surface area contributed by atoms with E-state index in [1.165, 1.54) is 43.9 Å². The van der Waals surface area contributed by atoms with Crippen LogP contribution in [0.1, 0.15) is 26.2 Å². The molecule has 1 N–H and O–H groups in total. The highest BCUT2D eigenvalue weighted by molar-refractivity contribution is 7.99. The molecule has 17 heavy (non-hydrogen) atoms. The van der Waals surface area contributed by atoms with E-state index in [1.807, 2.05) is 0 Å². The summed E-state index contributed by atoms with van der Waals surface area (Å²) in [6.45, 7) is 7.75. The summed E-state index contributed by atoms with van der Waals surface area (Å²) in [4.78, 5) is 2.66. The molecule has 4 heteroatoms. The van der Waals surface area contributed by atoms with Crippen molar-refractivity contribution < 1.29 is 4.74 Å². The molecule has 3 nitrogen and oxygen atoms in total. The maximum absolute atomic E-state index is 5.05. The van der Waals surface area contributed by atoms with Crippen molar-refractivity contribution in [2.75, 3.05) is 51.4 Å². The molecule has 0 aromatic heterocycles. The van der Waals surface area contributed by atoms with Crippen LogP contribution < -0.4 is 5.32 Å². The summed E-state index contributed by atoms with van der Waals surface area (Å²) in [5, 5.41) is 3.49. The SMILES string of the molecule is CCSCCCN1CCCC1CNCCOC. The predicted octanol–water partition coefficient (Wildman–Crippen LogP) is 1.83. The number of rotatable bonds is 10. The van der Waals surface area contributed by atoms with Crippen LogP contribution in [-0.4, -0.2) is 62.3 Å². The smallest absolute Gasteiger partial charge is 0.0587 e. The van der Waals surface area contributed by atoms with E-state index in [-0.39, 0.29) is 0 Å². The zero-order chi connectivity index (χ0) is 12.3. The highest BCUT2D eigenvalue weighted by Crippen LogP contribution is 2.17. The lowest BCUT2D eigenvalue weighted by Gasteiger charge is -2.24. The minimum Gasteiger partial charge on any atom is -0.383 e. The summed E-state index contributed by atoms with van der Waals surface area (Å²) in [6.07, 6.45) is 4.07. The van der Waals surface area contributed by atoms with Crippen LogP contribution in [0.2, 0.25) is 0 Å². The number of nitrogens with zero attached hydrogens (tertiary/aromatic N) is 1. The summed E-state index contributed by atoms with van der Waals surface area (Å²) in [6, 6.07) is 0.762. The molecule has 0 saturated carbocycles. The van der Waals surface area contributed by atoms with Gasteiger partial charge in [-0.05, 0) is 43.9 Å². The van der Waals surface area contributed by atoms with E-state index in [0.29, 0.717) is 0 Å². The second-order valence-corrected chi connectivity index (χ2v) is 5.97. The highest BCUT2D eigenvalue weighted by atomic mass is 32.2. The summed E-state index contributed by atoms with van der Waals surface area (Å²) >= 11 is 2.06. The Morgan fingerprint density at radius 2 is 2.35 bits per heavy atom. The average molecular weight is 260 g/mol. The third-order valence-corrected chi connectivity index (χ3v) is 4.29. The van der Waals surface area contributed by atoms with Gasteiger partial charge in [-0.25, -0.2) is 0 Å². The first-order chi connectivity index (χ1) is 8.38. The summed E-state index contributed by atoms with van der Waals surface area (Å²) in [5.41, 5.74) is 0. The first-order valence-corrected chi connectivity index (χ1v) is 8.05. The molecule has 1 atom stereocenters. The minimum atomic E-state index is 0.762. The number of methoxy groups -OCH3 is 1. The minimum absolute atomic E-state index is 0.762. The van der Waals surface area contributed by atoms with Gasteiger partial charge in [0.1, 0.15) is 0 Å². The second-order valence-electron chi connectivity index (χ2n) is 4.58. The molecule has 1 saturated heterocycles. The monoisotopic (exact) mass is 260 g/mol. The number of thioether (sulfide) groups is 1. The molecule has 1 aliphatic rings. The van der Waals surface area contributed by atoms with Gasteiger partial charge in [0, 0.05) is 26.2 Å². The lowest BCUT2D eigenvalue weighted by Crippen LogP contribution is -2.39. The standard InChI is InChI=1S/C13H28N2OS/c1-3-17-11-5-9-15-8-4-6-13(15)12-14-7-10-16-2/h13-14H,3-12H2,1-2H3.